The Balaban J connectivity index is 1.85. The molecule has 1 amide bonds. The molecular weight excluding hydrogens is 385 g/mol. The molecule has 1 aliphatic heterocycles. The van der Waals surface area contributed by atoms with Gasteiger partial charge in [-0.05, 0) is 55.2 Å². The number of aromatic nitrogens is 1. The summed E-state index contributed by atoms with van der Waals surface area (Å²) in [6.07, 6.45) is -3.88. The van der Waals surface area contributed by atoms with Crippen molar-refractivity contribution < 1.29 is 27.4 Å². The average molecular weight is 408 g/mol. The highest BCUT2D eigenvalue weighted by Gasteiger charge is 2.33. The Morgan fingerprint density at radius 2 is 2.03 bits per heavy atom. The van der Waals surface area contributed by atoms with Crippen LogP contribution in [0.15, 0.2) is 36.5 Å². The number of fused-ring (bicyclic) bond motifs is 1. The molecule has 29 heavy (non-hydrogen) atoms. The van der Waals surface area contributed by atoms with Gasteiger partial charge in [0, 0.05) is 18.7 Å². The van der Waals surface area contributed by atoms with E-state index in [1.54, 1.807) is 39.0 Å². The molecule has 0 spiro atoms. The highest BCUT2D eigenvalue weighted by Crippen LogP contribution is 2.36. The Morgan fingerprint density at radius 3 is 2.72 bits per heavy atom. The van der Waals surface area contributed by atoms with Gasteiger partial charge in [-0.25, -0.2) is 4.79 Å². The number of nitrogens with one attached hydrogen (secondary N) is 1. The number of amides is 1. The van der Waals surface area contributed by atoms with Crippen molar-refractivity contribution in [1.82, 2.24) is 10.3 Å². The van der Waals surface area contributed by atoms with Gasteiger partial charge < -0.3 is 14.8 Å². The first kappa shape index (κ1) is 21.1. The number of benzene rings is 1. The van der Waals surface area contributed by atoms with E-state index in [-0.39, 0.29) is 12.5 Å². The van der Waals surface area contributed by atoms with Crippen LogP contribution in [0.1, 0.15) is 43.5 Å². The largest absolute Gasteiger partial charge is 0.444 e. The first-order valence-electron chi connectivity index (χ1n) is 9.24. The third-order valence-corrected chi connectivity index (χ3v) is 4.47. The highest BCUT2D eigenvalue weighted by atomic mass is 19.4. The predicted molar refractivity (Wildman–Crippen MR) is 101 cm³/mol. The normalized spacial score (nSPS) is 16.8. The van der Waals surface area contributed by atoms with Crippen LogP contribution in [0.3, 0.4) is 0 Å². The van der Waals surface area contributed by atoms with E-state index < -0.39 is 23.6 Å². The number of rotatable bonds is 3. The fraction of sp³-hybridized carbons (Fsp3) is 0.429. The van der Waals surface area contributed by atoms with Crippen molar-refractivity contribution in [2.24, 2.45) is 0 Å². The number of halogens is 3. The summed E-state index contributed by atoms with van der Waals surface area (Å²) in [4.78, 5) is 15.4. The molecule has 0 aliphatic carbocycles. The zero-order valence-corrected chi connectivity index (χ0v) is 16.5. The summed E-state index contributed by atoms with van der Waals surface area (Å²) in [5, 5.41) is 2.74. The summed E-state index contributed by atoms with van der Waals surface area (Å²) in [6, 6.07) is 8.06. The number of alkyl carbamates (subject to hydrolysis) is 1. The molecule has 1 aromatic heterocycles. The van der Waals surface area contributed by atoms with Crippen LogP contribution in [0.2, 0.25) is 0 Å². The minimum atomic E-state index is -4.51. The van der Waals surface area contributed by atoms with E-state index in [2.05, 4.69) is 10.3 Å². The van der Waals surface area contributed by atoms with Crippen LogP contribution in [0.25, 0.3) is 11.1 Å². The smallest absolute Gasteiger partial charge is 0.433 e. The summed E-state index contributed by atoms with van der Waals surface area (Å²) in [5.74, 6) is -0.129. The second kappa shape index (κ2) is 8.02. The lowest BCUT2D eigenvalue weighted by Crippen LogP contribution is -2.36. The SMILES string of the molecule is CC(C)(C)OC(=O)NC[C@H]1COCc2c(-c3ccnc(C(F)(F)F)c3)cccc21. The number of ether oxygens (including phenoxy) is 2. The van der Waals surface area contributed by atoms with Crippen molar-refractivity contribution in [3.63, 3.8) is 0 Å². The lowest BCUT2D eigenvalue weighted by atomic mass is 9.87. The minimum Gasteiger partial charge on any atom is -0.444 e. The van der Waals surface area contributed by atoms with Gasteiger partial charge in [-0.2, -0.15) is 13.2 Å². The summed E-state index contributed by atoms with van der Waals surface area (Å²) in [7, 11) is 0. The topological polar surface area (TPSA) is 60.5 Å². The fourth-order valence-electron chi connectivity index (χ4n) is 3.25. The fourth-order valence-corrected chi connectivity index (χ4v) is 3.25. The summed E-state index contributed by atoms with van der Waals surface area (Å²) in [6.45, 7) is 6.33. The number of nitrogens with zero attached hydrogens (tertiary/aromatic N) is 1. The summed E-state index contributed by atoms with van der Waals surface area (Å²) < 4.78 is 50.0. The molecule has 1 aromatic carbocycles. The van der Waals surface area contributed by atoms with Crippen molar-refractivity contribution in [2.75, 3.05) is 13.2 Å². The van der Waals surface area contributed by atoms with Gasteiger partial charge in [0.2, 0.25) is 0 Å². The number of hydrogen-bond acceptors (Lipinski definition) is 4. The molecule has 0 unspecified atom stereocenters. The Morgan fingerprint density at radius 1 is 1.28 bits per heavy atom. The maximum absolute atomic E-state index is 13.0. The molecule has 0 radical (unpaired) electrons. The molecular formula is C21H23F3N2O3. The molecule has 3 rings (SSSR count). The van der Waals surface area contributed by atoms with Crippen molar-refractivity contribution >= 4 is 6.09 Å². The monoisotopic (exact) mass is 408 g/mol. The number of carbonyl (C=O) groups is 1. The van der Waals surface area contributed by atoms with E-state index in [4.69, 9.17) is 9.47 Å². The molecule has 2 aromatic rings. The molecule has 2 heterocycles. The zero-order valence-electron chi connectivity index (χ0n) is 16.5. The number of pyridine rings is 1. The molecule has 0 saturated heterocycles. The van der Waals surface area contributed by atoms with E-state index in [1.807, 2.05) is 6.07 Å². The van der Waals surface area contributed by atoms with Crippen molar-refractivity contribution in [1.29, 1.82) is 0 Å². The molecule has 0 bridgehead atoms. The maximum atomic E-state index is 13.0. The molecule has 1 N–H and O–H groups in total. The molecule has 0 fully saturated rings. The van der Waals surface area contributed by atoms with E-state index >= 15 is 0 Å². The Hall–Kier alpha value is -2.61. The predicted octanol–water partition coefficient (Wildman–Crippen LogP) is 4.91. The lowest BCUT2D eigenvalue weighted by Gasteiger charge is -2.28. The summed E-state index contributed by atoms with van der Waals surface area (Å²) in [5.41, 5.74) is 1.30. The second-order valence-corrected chi connectivity index (χ2v) is 7.90. The second-order valence-electron chi connectivity index (χ2n) is 7.90. The molecule has 0 saturated carbocycles. The number of hydrogen-bond donors (Lipinski definition) is 1. The molecule has 8 heteroatoms. The van der Waals surface area contributed by atoms with Gasteiger partial charge in [0.25, 0.3) is 0 Å². The van der Waals surface area contributed by atoms with Crippen LogP contribution in [-0.4, -0.2) is 29.8 Å². The van der Waals surface area contributed by atoms with E-state index in [9.17, 15) is 18.0 Å². The molecule has 156 valence electrons. The van der Waals surface area contributed by atoms with Gasteiger partial charge in [-0.15, -0.1) is 0 Å². The third kappa shape index (κ3) is 5.26. The first-order chi connectivity index (χ1) is 13.5. The van der Waals surface area contributed by atoms with Crippen molar-refractivity contribution in [2.45, 2.75) is 45.1 Å². The van der Waals surface area contributed by atoms with Crippen LogP contribution in [0.5, 0.6) is 0 Å². The Kier molecular flexibility index (Phi) is 5.84. The van der Waals surface area contributed by atoms with Crippen molar-refractivity contribution in [3.8, 4) is 11.1 Å². The van der Waals surface area contributed by atoms with Gasteiger partial charge in [-0.1, -0.05) is 18.2 Å². The maximum Gasteiger partial charge on any atom is 0.433 e. The first-order valence-corrected chi connectivity index (χ1v) is 9.24. The van der Waals surface area contributed by atoms with Gasteiger partial charge in [0.15, 0.2) is 0 Å². The Bertz CT molecular complexity index is 891. The van der Waals surface area contributed by atoms with Crippen LogP contribution in [-0.2, 0) is 22.3 Å². The van der Waals surface area contributed by atoms with E-state index in [0.29, 0.717) is 24.3 Å². The van der Waals surface area contributed by atoms with E-state index in [1.165, 1.54) is 0 Å². The molecule has 5 nitrogen and oxygen atoms in total. The average Bonchev–Trinajstić information content (AvgIpc) is 2.64. The Labute approximate surface area is 167 Å². The van der Waals surface area contributed by atoms with Gasteiger partial charge >= 0.3 is 12.3 Å². The number of carbonyl (C=O) groups excluding carboxylic acids is 1. The highest BCUT2D eigenvalue weighted by molar-refractivity contribution is 5.70. The minimum absolute atomic E-state index is 0.129. The van der Waals surface area contributed by atoms with Crippen molar-refractivity contribution in [3.05, 3.63) is 53.3 Å². The van der Waals surface area contributed by atoms with E-state index in [0.717, 1.165) is 23.4 Å². The molecule has 1 atom stereocenters. The summed E-state index contributed by atoms with van der Waals surface area (Å²) >= 11 is 0. The molecule has 1 aliphatic rings. The standard InChI is InChI=1S/C21H23F3N2O3/c1-20(2,3)29-19(27)26-10-14-11-28-12-17-15(5-4-6-16(14)17)13-7-8-25-18(9-13)21(22,23)24/h4-9,14H,10-12H2,1-3H3,(H,26,27)/t14-/m0/s1. The van der Waals surface area contributed by atoms with Gasteiger partial charge in [-0.3, -0.25) is 4.98 Å². The van der Waals surface area contributed by atoms with Crippen LogP contribution in [0, 0.1) is 0 Å². The lowest BCUT2D eigenvalue weighted by molar-refractivity contribution is -0.141. The van der Waals surface area contributed by atoms with Crippen LogP contribution in [0.4, 0.5) is 18.0 Å². The zero-order chi connectivity index (χ0) is 21.2. The number of alkyl halides is 3. The third-order valence-electron chi connectivity index (χ3n) is 4.47. The van der Waals surface area contributed by atoms with Gasteiger partial charge in [0.05, 0.1) is 13.2 Å². The van der Waals surface area contributed by atoms with Crippen LogP contribution >= 0.6 is 0 Å². The quantitative estimate of drug-likeness (QED) is 0.784. The van der Waals surface area contributed by atoms with Gasteiger partial charge in [0.1, 0.15) is 11.3 Å². The van der Waals surface area contributed by atoms with Crippen LogP contribution < -0.4 is 5.32 Å².